The number of rotatable bonds is 3. The lowest BCUT2D eigenvalue weighted by Gasteiger charge is -2.58. The molecular formula is C14H21N3O2. The molecule has 4 aliphatic carbocycles. The van der Waals surface area contributed by atoms with E-state index in [1.807, 2.05) is 0 Å². The van der Waals surface area contributed by atoms with Crippen LogP contribution in [0, 0.1) is 23.2 Å². The number of aromatic nitrogens is 2. The molecule has 0 amide bonds. The third-order valence-corrected chi connectivity index (χ3v) is 5.56. The molecule has 5 rings (SSSR count). The Bertz CT molecular complexity index is 450. The Balaban J connectivity index is 1.69. The van der Waals surface area contributed by atoms with Crippen molar-refractivity contribution in [2.45, 2.75) is 44.6 Å². The van der Waals surface area contributed by atoms with Crippen LogP contribution in [-0.2, 0) is 4.74 Å². The Morgan fingerprint density at radius 2 is 1.74 bits per heavy atom. The van der Waals surface area contributed by atoms with Crippen LogP contribution >= 0.6 is 0 Å². The van der Waals surface area contributed by atoms with Gasteiger partial charge in [0, 0.05) is 12.5 Å². The molecule has 4 fully saturated rings. The summed E-state index contributed by atoms with van der Waals surface area (Å²) in [6.45, 7) is 0. The largest absolute Gasteiger partial charge is 0.405 e. The number of nitrogens with two attached hydrogens (primary N) is 1. The van der Waals surface area contributed by atoms with Gasteiger partial charge in [-0.25, -0.2) is 0 Å². The van der Waals surface area contributed by atoms with Crippen LogP contribution in [-0.4, -0.2) is 17.3 Å². The molecule has 0 spiro atoms. The lowest BCUT2D eigenvalue weighted by molar-refractivity contribution is -0.141. The minimum atomic E-state index is -0.0781. The van der Waals surface area contributed by atoms with Gasteiger partial charge < -0.3 is 14.9 Å². The second-order valence-corrected chi connectivity index (χ2v) is 6.87. The van der Waals surface area contributed by atoms with E-state index < -0.39 is 0 Å². The molecule has 5 nitrogen and oxygen atoms in total. The molecule has 0 radical (unpaired) electrons. The fraction of sp³-hybridized carbons (Fsp3) is 0.857. The zero-order valence-corrected chi connectivity index (χ0v) is 11.3. The van der Waals surface area contributed by atoms with Crippen molar-refractivity contribution in [2.75, 3.05) is 12.8 Å². The number of hydrogen-bond acceptors (Lipinski definition) is 5. The average molecular weight is 263 g/mol. The molecular weight excluding hydrogens is 242 g/mol. The van der Waals surface area contributed by atoms with Gasteiger partial charge in [0.2, 0.25) is 5.89 Å². The molecule has 4 bridgehead atoms. The van der Waals surface area contributed by atoms with Gasteiger partial charge in [0.1, 0.15) is 6.10 Å². The standard InChI is InChI=1S/C14H21N3O2/c1-18-11(12-16-17-13(15)19-12)14-5-8-2-9(6-14)4-10(3-8)7-14/h8-11H,2-7H2,1H3,(H2,15,17). The number of anilines is 1. The van der Waals surface area contributed by atoms with Crippen molar-refractivity contribution < 1.29 is 9.15 Å². The Hall–Kier alpha value is -1.10. The van der Waals surface area contributed by atoms with E-state index in [0.717, 1.165) is 17.8 Å². The van der Waals surface area contributed by atoms with Gasteiger partial charge in [-0.3, -0.25) is 0 Å². The number of nitrogen functional groups attached to an aromatic ring is 1. The number of methoxy groups -OCH3 is 1. The molecule has 1 heterocycles. The molecule has 2 N–H and O–H groups in total. The highest BCUT2D eigenvalue weighted by atomic mass is 16.5. The molecule has 0 aliphatic heterocycles. The first kappa shape index (κ1) is 11.7. The van der Waals surface area contributed by atoms with Gasteiger partial charge in [0.05, 0.1) is 0 Å². The van der Waals surface area contributed by atoms with Crippen LogP contribution in [0.4, 0.5) is 6.01 Å². The third kappa shape index (κ3) is 1.71. The predicted octanol–water partition coefficient (Wildman–Crippen LogP) is 2.56. The van der Waals surface area contributed by atoms with Crippen LogP contribution < -0.4 is 5.73 Å². The lowest BCUT2D eigenvalue weighted by atomic mass is 9.48. The lowest BCUT2D eigenvalue weighted by Crippen LogP contribution is -2.49. The first-order valence-electron chi connectivity index (χ1n) is 7.30. The van der Waals surface area contributed by atoms with Gasteiger partial charge in [0.25, 0.3) is 0 Å². The van der Waals surface area contributed by atoms with Gasteiger partial charge in [-0.2, -0.15) is 0 Å². The summed E-state index contributed by atoms with van der Waals surface area (Å²) in [5.41, 5.74) is 5.78. The van der Waals surface area contributed by atoms with Crippen LogP contribution in [0.15, 0.2) is 4.42 Å². The molecule has 1 atom stereocenters. The van der Waals surface area contributed by atoms with Gasteiger partial charge in [-0.1, -0.05) is 5.10 Å². The quantitative estimate of drug-likeness (QED) is 0.907. The van der Waals surface area contributed by atoms with Crippen LogP contribution in [0.25, 0.3) is 0 Å². The molecule has 104 valence electrons. The second kappa shape index (κ2) is 3.95. The summed E-state index contributed by atoms with van der Waals surface area (Å²) in [6, 6.07) is 0.141. The third-order valence-electron chi connectivity index (χ3n) is 5.56. The highest BCUT2D eigenvalue weighted by Crippen LogP contribution is 2.64. The van der Waals surface area contributed by atoms with E-state index in [1.54, 1.807) is 7.11 Å². The maximum atomic E-state index is 5.78. The molecule has 5 heteroatoms. The van der Waals surface area contributed by atoms with E-state index >= 15 is 0 Å². The summed E-state index contributed by atoms with van der Waals surface area (Å²) in [5.74, 6) is 3.21. The maximum Gasteiger partial charge on any atom is 0.312 e. The van der Waals surface area contributed by atoms with Gasteiger partial charge >= 0.3 is 6.01 Å². The number of nitrogens with zero attached hydrogens (tertiary/aromatic N) is 2. The summed E-state index contributed by atoms with van der Waals surface area (Å²) in [5, 5.41) is 7.87. The predicted molar refractivity (Wildman–Crippen MR) is 69.1 cm³/mol. The zero-order valence-electron chi connectivity index (χ0n) is 11.3. The normalized spacial score (nSPS) is 41.6. The molecule has 19 heavy (non-hydrogen) atoms. The molecule has 1 unspecified atom stereocenters. The minimum absolute atomic E-state index is 0.0781. The van der Waals surface area contributed by atoms with Crippen molar-refractivity contribution in [3.05, 3.63) is 5.89 Å². The van der Waals surface area contributed by atoms with Crippen LogP contribution in [0.3, 0.4) is 0 Å². The average Bonchev–Trinajstić information content (AvgIpc) is 2.74. The Labute approximate surface area is 112 Å². The van der Waals surface area contributed by atoms with E-state index in [0.29, 0.717) is 5.89 Å². The van der Waals surface area contributed by atoms with Crippen molar-refractivity contribution in [1.82, 2.24) is 10.2 Å². The summed E-state index contributed by atoms with van der Waals surface area (Å²) >= 11 is 0. The molecule has 0 aromatic carbocycles. The second-order valence-electron chi connectivity index (χ2n) is 6.87. The van der Waals surface area contributed by atoms with E-state index in [-0.39, 0.29) is 17.5 Å². The van der Waals surface area contributed by atoms with Crippen molar-refractivity contribution in [1.29, 1.82) is 0 Å². The number of hydrogen-bond donors (Lipinski definition) is 1. The van der Waals surface area contributed by atoms with E-state index in [1.165, 1.54) is 38.5 Å². The van der Waals surface area contributed by atoms with Gasteiger partial charge in [-0.05, 0) is 56.3 Å². The van der Waals surface area contributed by atoms with Crippen LogP contribution in [0.5, 0.6) is 0 Å². The minimum Gasteiger partial charge on any atom is -0.405 e. The summed E-state index contributed by atoms with van der Waals surface area (Å²) < 4.78 is 11.2. The van der Waals surface area contributed by atoms with Crippen molar-refractivity contribution >= 4 is 6.01 Å². The fourth-order valence-electron chi connectivity index (χ4n) is 5.46. The Kier molecular flexibility index (Phi) is 2.43. The highest BCUT2D eigenvalue weighted by Gasteiger charge is 2.56. The summed E-state index contributed by atoms with van der Waals surface area (Å²) in [4.78, 5) is 0. The smallest absolute Gasteiger partial charge is 0.312 e. The zero-order chi connectivity index (χ0) is 13.0. The summed E-state index contributed by atoms with van der Waals surface area (Å²) in [6.07, 6.45) is 7.93. The van der Waals surface area contributed by atoms with Crippen molar-refractivity contribution in [3.8, 4) is 0 Å². The Morgan fingerprint density at radius 3 is 2.16 bits per heavy atom. The van der Waals surface area contributed by atoms with E-state index in [2.05, 4.69) is 10.2 Å². The monoisotopic (exact) mass is 263 g/mol. The van der Waals surface area contributed by atoms with Crippen LogP contribution in [0.1, 0.15) is 50.5 Å². The first-order chi connectivity index (χ1) is 9.18. The molecule has 1 aromatic heterocycles. The highest BCUT2D eigenvalue weighted by molar-refractivity contribution is 5.11. The topological polar surface area (TPSA) is 74.2 Å². The first-order valence-corrected chi connectivity index (χ1v) is 7.30. The fourth-order valence-corrected chi connectivity index (χ4v) is 5.46. The van der Waals surface area contributed by atoms with E-state index in [4.69, 9.17) is 14.9 Å². The molecule has 1 aromatic rings. The van der Waals surface area contributed by atoms with Gasteiger partial charge in [0.15, 0.2) is 0 Å². The summed E-state index contributed by atoms with van der Waals surface area (Å²) in [7, 11) is 1.75. The SMILES string of the molecule is COC(c1nnc(N)o1)C12CC3CC(CC(C3)C1)C2. The number of ether oxygens (including phenoxy) is 1. The van der Waals surface area contributed by atoms with Crippen LogP contribution in [0.2, 0.25) is 0 Å². The van der Waals surface area contributed by atoms with Crippen molar-refractivity contribution in [3.63, 3.8) is 0 Å². The van der Waals surface area contributed by atoms with E-state index in [9.17, 15) is 0 Å². The Morgan fingerprint density at radius 1 is 1.16 bits per heavy atom. The van der Waals surface area contributed by atoms with Crippen molar-refractivity contribution in [2.24, 2.45) is 23.2 Å². The van der Waals surface area contributed by atoms with Gasteiger partial charge in [-0.15, -0.1) is 5.10 Å². The maximum absolute atomic E-state index is 5.78. The molecule has 4 aliphatic rings. The molecule has 0 saturated heterocycles. The molecule has 4 saturated carbocycles.